The van der Waals surface area contributed by atoms with Gasteiger partial charge in [0.15, 0.2) is 0 Å². The van der Waals surface area contributed by atoms with E-state index in [-0.39, 0.29) is 24.3 Å². The molecule has 0 aliphatic rings. The first kappa shape index (κ1) is 22.7. The number of benzene rings is 1. The van der Waals surface area contributed by atoms with Crippen molar-refractivity contribution < 1.29 is 19.5 Å². The van der Waals surface area contributed by atoms with E-state index in [1.165, 1.54) is 0 Å². The molecule has 150 valence electrons. The summed E-state index contributed by atoms with van der Waals surface area (Å²) in [7, 11) is 0. The molecule has 0 spiro atoms. The second kappa shape index (κ2) is 10.1. The molecule has 27 heavy (non-hydrogen) atoms. The Hall–Kier alpha value is -2.37. The number of amides is 2. The van der Waals surface area contributed by atoms with Crippen molar-refractivity contribution in [3.05, 3.63) is 35.9 Å². The maximum atomic E-state index is 12.9. The third kappa shape index (κ3) is 7.41. The topological polar surface area (TPSA) is 95.5 Å². The molecule has 0 aromatic heterocycles. The van der Waals surface area contributed by atoms with Gasteiger partial charge in [0.1, 0.15) is 6.04 Å². The van der Waals surface area contributed by atoms with Crippen LogP contribution < -0.4 is 10.6 Å². The summed E-state index contributed by atoms with van der Waals surface area (Å²) in [5.74, 6) is -2.32. The fourth-order valence-corrected chi connectivity index (χ4v) is 2.94. The van der Waals surface area contributed by atoms with Crippen molar-refractivity contribution in [2.75, 3.05) is 0 Å². The molecule has 2 amide bonds. The SMILES string of the molecule is CCCC(CC(=O)O)C(=O)N[C@H](C(=O)N[C@H](C)c1ccccc1)C(C)(C)C. The second-order valence-electron chi connectivity index (χ2n) is 8.03. The van der Waals surface area contributed by atoms with Crippen LogP contribution in [0.4, 0.5) is 0 Å². The fraction of sp³-hybridized carbons (Fsp3) is 0.571. The van der Waals surface area contributed by atoms with Crippen LogP contribution in [-0.2, 0) is 14.4 Å². The summed E-state index contributed by atoms with van der Waals surface area (Å²) in [5.41, 5.74) is 0.454. The number of rotatable bonds is 9. The van der Waals surface area contributed by atoms with Crippen molar-refractivity contribution in [3.63, 3.8) is 0 Å². The van der Waals surface area contributed by atoms with Crippen LogP contribution in [0.25, 0.3) is 0 Å². The maximum absolute atomic E-state index is 12.9. The van der Waals surface area contributed by atoms with Crippen molar-refractivity contribution in [1.82, 2.24) is 10.6 Å². The Bertz CT molecular complexity index is 637. The minimum absolute atomic E-state index is 0.203. The maximum Gasteiger partial charge on any atom is 0.304 e. The van der Waals surface area contributed by atoms with E-state index < -0.39 is 23.3 Å². The lowest BCUT2D eigenvalue weighted by atomic mass is 9.85. The number of carboxylic acids is 1. The molecule has 1 rings (SSSR count). The monoisotopic (exact) mass is 376 g/mol. The predicted molar refractivity (Wildman–Crippen MR) is 105 cm³/mol. The minimum atomic E-state index is -1.02. The highest BCUT2D eigenvalue weighted by molar-refractivity contribution is 5.90. The van der Waals surface area contributed by atoms with Gasteiger partial charge in [-0.15, -0.1) is 0 Å². The molecular formula is C21H32N2O4. The second-order valence-corrected chi connectivity index (χ2v) is 8.03. The van der Waals surface area contributed by atoms with Crippen molar-refractivity contribution in [2.24, 2.45) is 11.3 Å². The molecule has 0 aliphatic heterocycles. The van der Waals surface area contributed by atoms with Crippen LogP contribution in [0.1, 0.15) is 65.5 Å². The van der Waals surface area contributed by atoms with Crippen LogP contribution in [0.3, 0.4) is 0 Å². The molecule has 3 atom stereocenters. The Morgan fingerprint density at radius 2 is 1.63 bits per heavy atom. The highest BCUT2D eigenvalue weighted by Gasteiger charge is 2.35. The van der Waals surface area contributed by atoms with Crippen LogP contribution in [0.2, 0.25) is 0 Å². The van der Waals surface area contributed by atoms with Crippen LogP contribution >= 0.6 is 0 Å². The van der Waals surface area contributed by atoms with E-state index >= 15 is 0 Å². The van der Waals surface area contributed by atoms with Crippen LogP contribution in [0.5, 0.6) is 0 Å². The number of carboxylic acid groups (broad SMARTS) is 1. The molecule has 1 unspecified atom stereocenters. The largest absolute Gasteiger partial charge is 0.481 e. The molecule has 0 heterocycles. The Morgan fingerprint density at radius 3 is 2.11 bits per heavy atom. The smallest absolute Gasteiger partial charge is 0.304 e. The van der Waals surface area contributed by atoms with Gasteiger partial charge in [0, 0.05) is 5.92 Å². The van der Waals surface area contributed by atoms with Crippen molar-refractivity contribution in [3.8, 4) is 0 Å². The molecule has 0 radical (unpaired) electrons. The summed E-state index contributed by atoms with van der Waals surface area (Å²) in [5, 5.41) is 14.8. The molecule has 0 bridgehead atoms. The summed E-state index contributed by atoms with van der Waals surface area (Å²) in [4.78, 5) is 36.5. The normalized spacial score (nSPS) is 14.7. The summed E-state index contributed by atoms with van der Waals surface area (Å²) < 4.78 is 0. The van der Waals surface area contributed by atoms with E-state index in [0.717, 1.165) is 5.56 Å². The van der Waals surface area contributed by atoms with Gasteiger partial charge >= 0.3 is 5.97 Å². The molecule has 1 aromatic rings. The van der Waals surface area contributed by atoms with Gasteiger partial charge in [-0.25, -0.2) is 0 Å². The molecule has 1 aromatic carbocycles. The van der Waals surface area contributed by atoms with Gasteiger partial charge in [-0.3, -0.25) is 14.4 Å². The van der Waals surface area contributed by atoms with Gasteiger partial charge in [0.25, 0.3) is 0 Å². The molecule has 0 fully saturated rings. The molecule has 6 heteroatoms. The lowest BCUT2D eigenvalue weighted by Gasteiger charge is -2.32. The summed E-state index contributed by atoms with van der Waals surface area (Å²) in [6.45, 7) is 9.40. The van der Waals surface area contributed by atoms with Gasteiger partial charge < -0.3 is 15.7 Å². The Morgan fingerprint density at radius 1 is 1.04 bits per heavy atom. The summed E-state index contributed by atoms with van der Waals surface area (Å²) >= 11 is 0. The predicted octanol–water partition coefficient (Wildman–Crippen LogP) is 3.29. The Labute approximate surface area is 161 Å². The third-order valence-electron chi connectivity index (χ3n) is 4.50. The number of hydrogen-bond acceptors (Lipinski definition) is 3. The van der Waals surface area contributed by atoms with Gasteiger partial charge in [-0.2, -0.15) is 0 Å². The van der Waals surface area contributed by atoms with Crippen molar-refractivity contribution in [2.45, 2.75) is 66.0 Å². The molecule has 3 N–H and O–H groups in total. The zero-order valence-corrected chi connectivity index (χ0v) is 16.9. The van der Waals surface area contributed by atoms with E-state index in [4.69, 9.17) is 5.11 Å². The van der Waals surface area contributed by atoms with Crippen LogP contribution in [0.15, 0.2) is 30.3 Å². The Kier molecular flexibility index (Phi) is 8.47. The number of aliphatic carboxylic acids is 1. The van der Waals surface area contributed by atoms with Crippen molar-refractivity contribution >= 4 is 17.8 Å². The number of hydrogen-bond donors (Lipinski definition) is 3. The van der Waals surface area contributed by atoms with Crippen LogP contribution in [0, 0.1) is 11.3 Å². The summed E-state index contributed by atoms with van der Waals surface area (Å²) in [6.07, 6.45) is 0.929. The van der Waals surface area contributed by atoms with E-state index in [0.29, 0.717) is 12.8 Å². The zero-order valence-electron chi connectivity index (χ0n) is 16.9. The first-order valence-electron chi connectivity index (χ1n) is 9.43. The van der Waals surface area contributed by atoms with E-state index in [2.05, 4.69) is 10.6 Å². The fourth-order valence-electron chi connectivity index (χ4n) is 2.94. The number of nitrogens with one attached hydrogen (secondary N) is 2. The van der Waals surface area contributed by atoms with Gasteiger partial charge in [-0.05, 0) is 24.3 Å². The molecule has 0 saturated heterocycles. The van der Waals surface area contributed by atoms with Gasteiger partial charge in [0.2, 0.25) is 11.8 Å². The zero-order chi connectivity index (χ0) is 20.6. The third-order valence-corrected chi connectivity index (χ3v) is 4.50. The molecule has 6 nitrogen and oxygen atoms in total. The summed E-state index contributed by atoms with van der Waals surface area (Å²) in [6, 6.07) is 8.62. The molecule has 0 saturated carbocycles. The molecular weight excluding hydrogens is 344 g/mol. The van der Waals surface area contributed by atoms with Gasteiger partial charge in [0.05, 0.1) is 12.5 Å². The number of carbonyl (C=O) groups is 3. The Balaban J connectivity index is 2.89. The highest BCUT2D eigenvalue weighted by atomic mass is 16.4. The minimum Gasteiger partial charge on any atom is -0.481 e. The van der Waals surface area contributed by atoms with E-state index in [9.17, 15) is 14.4 Å². The lowest BCUT2D eigenvalue weighted by Crippen LogP contribution is -2.55. The average Bonchev–Trinajstić information content (AvgIpc) is 2.58. The standard InChI is InChI=1S/C21H32N2O4/c1-6-10-16(13-17(24)25)19(26)23-18(21(3,4)5)20(27)22-14(2)15-11-8-7-9-12-15/h7-9,11-12,14,16,18H,6,10,13H2,1-5H3,(H,22,27)(H,23,26)(H,24,25)/t14-,16?,18-/m1/s1. The first-order valence-corrected chi connectivity index (χ1v) is 9.43. The number of carbonyl (C=O) groups excluding carboxylic acids is 2. The van der Waals surface area contributed by atoms with E-state index in [1.54, 1.807) is 0 Å². The lowest BCUT2D eigenvalue weighted by molar-refractivity contribution is -0.142. The van der Waals surface area contributed by atoms with Crippen molar-refractivity contribution in [1.29, 1.82) is 0 Å². The van der Waals surface area contributed by atoms with Gasteiger partial charge in [-0.1, -0.05) is 64.4 Å². The average molecular weight is 376 g/mol. The van der Waals surface area contributed by atoms with Crippen LogP contribution in [-0.4, -0.2) is 28.9 Å². The first-order chi connectivity index (χ1) is 12.6. The highest BCUT2D eigenvalue weighted by Crippen LogP contribution is 2.22. The molecule has 0 aliphatic carbocycles. The quantitative estimate of drug-likeness (QED) is 0.616. The van der Waals surface area contributed by atoms with E-state index in [1.807, 2.05) is 65.0 Å².